The summed E-state index contributed by atoms with van der Waals surface area (Å²) >= 11 is 6.44. The van der Waals surface area contributed by atoms with Gasteiger partial charge in [0.1, 0.15) is 18.2 Å². The minimum Gasteiger partial charge on any atom is -0.493 e. The van der Waals surface area contributed by atoms with Crippen LogP contribution in [-0.2, 0) is 11.4 Å². The lowest BCUT2D eigenvalue weighted by Crippen LogP contribution is -2.14. The van der Waals surface area contributed by atoms with Crippen LogP contribution in [-0.4, -0.2) is 13.0 Å². The van der Waals surface area contributed by atoms with Crippen molar-refractivity contribution in [3.05, 3.63) is 93.0 Å². The lowest BCUT2D eigenvalue weighted by molar-refractivity contribution is -0.112. The van der Waals surface area contributed by atoms with Crippen molar-refractivity contribution >= 4 is 29.3 Å². The van der Waals surface area contributed by atoms with Crippen LogP contribution in [0.4, 0.5) is 5.69 Å². The summed E-state index contributed by atoms with van der Waals surface area (Å²) in [5.41, 5.74) is 4.23. The van der Waals surface area contributed by atoms with Crippen LogP contribution in [0.1, 0.15) is 27.8 Å². The van der Waals surface area contributed by atoms with E-state index in [0.29, 0.717) is 33.9 Å². The number of ether oxygens (including phenoxy) is 2. The molecule has 34 heavy (non-hydrogen) atoms. The van der Waals surface area contributed by atoms with Gasteiger partial charge in [-0.25, -0.2) is 0 Å². The summed E-state index contributed by atoms with van der Waals surface area (Å²) in [7, 11) is 1.47. The fraction of sp³-hybridized carbons (Fsp3) is 0.148. The molecule has 3 aromatic rings. The van der Waals surface area contributed by atoms with E-state index < -0.39 is 5.91 Å². The highest BCUT2D eigenvalue weighted by atomic mass is 35.5. The number of hydrogen-bond donors (Lipinski definition) is 1. The van der Waals surface area contributed by atoms with Gasteiger partial charge in [0.15, 0.2) is 11.5 Å². The van der Waals surface area contributed by atoms with Crippen LogP contribution in [0.3, 0.4) is 0 Å². The number of nitrogens with one attached hydrogen (secondary N) is 1. The molecule has 0 aliphatic carbocycles. The molecular formula is C27H22ClN3O3. The Morgan fingerprint density at radius 2 is 1.88 bits per heavy atom. The monoisotopic (exact) mass is 471 g/mol. The molecule has 3 aromatic carbocycles. The summed E-state index contributed by atoms with van der Waals surface area (Å²) in [5, 5.41) is 21.8. The third-order valence-corrected chi connectivity index (χ3v) is 5.35. The second-order valence-electron chi connectivity index (χ2n) is 7.53. The Bertz CT molecular complexity index is 1350. The van der Waals surface area contributed by atoms with Gasteiger partial charge in [-0.05, 0) is 55.3 Å². The first-order valence-corrected chi connectivity index (χ1v) is 10.7. The van der Waals surface area contributed by atoms with E-state index in [-0.39, 0.29) is 17.2 Å². The minimum atomic E-state index is -0.530. The molecule has 0 saturated carbocycles. The van der Waals surface area contributed by atoms with Crippen LogP contribution in [0.2, 0.25) is 5.02 Å². The second kappa shape index (κ2) is 11.0. The third-order valence-electron chi connectivity index (χ3n) is 5.07. The predicted molar refractivity (Wildman–Crippen MR) is 132 cm³/mol. The van der Waals surface area contributed by atoms with E-state index in [2.05, 4.69) is 11.4 Å². The first-order valence-electron chi connectivity index (χ1n) is 10.3. The molecule has 6 nitrogen and oxygen atoms in total. The lowest BCUT2D eigenvalue weighted by Gasteiger charge is -2.14. The molecule has 0 aliphatic heterocycles. The maximum Gasteiger partial charge on any atom is 0.266 e. The molecule has 0 heterocycles. The van der Waals surface area contributed by atoms with E-state index in [1.54, 1.807) is 36.4 Å². The molecular weight excluding hydrogens is 450 g/mol. The molecule has 0 spiro atoms. The molecule has 0 atom stereocenters. The smallest absolute Gasteiger partial charge is 0.266 e. The summed E-state index contributed by atoms with van der Waals surface area (Å²) in [6.45, 7) is 3.97. The van der Waals surface area contributed by atoms with Crippen LogP contribution in [0.5, 0.6) is 11.5 Å². The Kier molecular flexibility index (Phi) is 7.92. The maximum atomic E-state index is 12.7. The zero-order valence-electron chi connectivity index (χ0n) is 19.0. The molecule has 3 rings (SSSR count). The number of hydrogen-bond acceptors (Lipinski definition) is 5. The number of aryl methyl sites for hydroxylation is 2. The largest absolute Gasteiger partial charge is 0.493 e. The number of rotatable bonds is 7. The Morgan fingerprint density at radius 1 is 1.12 bits per heavy atom. The van der Waals surface area contributed by atoms with Crippen LogP contribution in [0.15, 0.2) is 60.2 Å². The van der Waals surface area contributed by atoms with Gasteiger partial charge < -0.3 is 14.8 Å². The van der Waals surface area contributed by atoms with E-state index in [1.165, 1.54) is 13.2 Å². The molecule has 7 heteroatoms. The van der Waals surface area contributed by atoms with E-state index in [4.69, 9.17) is 21.1 Å². The van der Waals surface area contributed by atoms with Gasteiger partial charge in [-0.3, -0.25) is 4.79 Å². The van der Waals surface area contributed by atoms with Crippen LogP contribution >= 0.6 is 11.6 Å². The average Bonchev–Trinajstić information content (AvgIpc) is 2.83. The van der Waals surface area contributed by atoms with Crippen molar-refractivity contribution in [2.75, 3.05) is 12.4 Å². The highest BCUT2D eigenvalue weighted by Gasteiger charge is 2.15. The van der Waals surface area contributed by atoms with E-state index >= 15 is 0 Å². The maximum absolute atomic E-state index is 12.7. The highest BCUT2D eigenvalue weighted by molar-refractivity contribution is 6.32. The molecule has 0 saturated heterocycles. The molecule has 0 aliphatic rings. The summed E-state index contributed by atoms with van der Waals surface area (Å²) in [5.74, 6) is 0.102. The zero-order chi connectivity index (χ0) is 24.7. The van der Waals surface area contributed by atoms with E-state index in [0.717, 1.165) is 11.1 Å². The van der Waals surface area contributed by atoms with Gasteiger partial charge in [-0.1, -0.05) is 47.5 Å². The van der Waals surface area contributed by atoms with Gasteiger partial charge in [-0.15, -0.1) is 0 Å². The summed E-state index contributed by atoms with van der Waals surface area (Å²) < 4.78 is 11.3. The first-order chi connectivity index (χ1) is 16.4. The van der Waals surface area contributed by atoms with Crippen molar-refractivity contribution in [1.82, 2.24) is 0 Å². The SMILES string of the molecule is COc1cc(/C=C(\C#N)C(=O)Nc2ccc(C)cc2C)cc(Cl)c1OCc1ccccc1C#N. The zero-order valence-corrected chi connectivity index (χ0v) is 19.7. The highest BCUT2D eigenvalue weighted by Crippen LogP contribution is 2.37. The van der Waals surface area contributed by atoms with Crippen molar-refractivity contribution < 1.29 is 14.3 Å². The molecule has 1 N–H and O–H groups in total. The van der Waals surface area contributed by atoms with Crippen LogP contribution in [0, 0.1) is 36.5 Å². The normalized spacial score (nSPS) is 10.7. The number of carbonyl (C=O) groups excluding carboxylic acids is 1. The fourth-order valence-electron chi connectivity index (χ4n) is 3.33. The van der Waals surface area contributed by atoms with E-state index in [9.17, 15) is 15.3 Å². The Morgan fingerprint density at radius 3 is 2.56 bits per heavy atom. The number of benzene rings is 3. The van der Waals surface area contributed by atoms with Crippen molar-refractivity contribution in [2.24, 2.45) is 0 Å². The lowest BCUT2D eigenvalue weighted by atomic mass is 10.1. The fourth-order valence-corrected chi connectivity index (χ4v) is 3.60. The molecule has 0 bridgehead atoms. The molecule has 0 unspecified atom stereocenters. The number of methoxy groups -OCH3 is 1. The molecule has 0 aromatic heterocycles. The number of halogens is 1. The van der Waals surface area contributed by atoms with E-state index in [1.807, 2.05) is 38.1 Å². The second-order valence-corrected chi connectivity index (χ2v) is 7.94. The predicted octanol–water partition coefficient (Wildman–Crippen LogP) is 5.96. The standard InChI is InChI=1S/C27H22ClN3O3/c1-17-8-9-24(18(2)10-17)31-27(32)22(15-30)11-19-12-23(28)26(25(13-19)33-3)34-16-21-7-5-4-6-20(21)14-29/h4-13H,16H2,1-3H3,(H,31,32)/b22-11+. The van der Waals surface area contributed by atoms with Crippen molar-refractivity contribution in [3.63, 3.8) is 0 Å². The van der Waals surface area contributed by atoms with Crippen molar-refractivity contribution in [3.8, 4) is 23.6 Å². The Hall–Kier alpha value is -4.26. The number of nitriles is 2. The molecule has 0 radical (unpaired) electrons. The van der Waals surface area contributed by atoms with Gasteiger partial charge in [0.25, 0.3) is 5.91 Å². The van der Waals surface area contributed by atoms with Gasteiger partial charge in [0.05, 0.1) is 23.8 Å². The number of carbonyl (C=O) groups is 1. The number of amides is 1. The van der Waals surface area contributed by atoms with Gasteiger partial charge in [0.2, 0.25) is 0 Å². The average molecular weight is 472 g/mol. The topological polar surface area (TPSA) is 95.1 Å². The van der Waals surface area contributed by atoms with Crippen LogP contribution in [0.25, 0.3) is 6.08 Å². The summed E-state index contributed by atoms with van der Waals surface area (Å²) in [6.07, 6.45) is 1.43. The van der Waals surface area contributed by atoms with Gasteiger partial charge in [-0.2, -0.15) is 10.5 Å². The summed E-state index contributed by atoms with van der Waals surface area (Å²) in [6, 6.07) is 20.0. The Labute approximate surface area is 203 Å². The number of anilines is 1. The molecule has 1 amide bonds. The van der Waals surface area contributed by atoms with Crippen molar-refractivity contribution in [2.45, 2.75) is 20.5 Å². The number of nitrogens with zero attached hydrogens (tertiary/aromatic N) is 2. The van der Waals surface area contributed by atoms with Gasteiger partial charge >= 0.3 is 0 Å². The Balaban J connectivity index is 1.85. The summed E-state index contributed by atoms with van der Waals surface area (Å²) in [4.78, 5) is 12.7. The quantitative estimate of drug-likeness (QED) is 0.338. The van der Waals surface area contributed by atoms with Crippen molar-refractivity contribution in [1.29, 1.82) is 10.5 Å². The van der Waals surface area contributed by atoms with Gasteiger partial charge in [0, 0.05) is 11.3 Å². The first kappa shape index (κ1) is 24.4. The minimum absolute atomic E-state index is 0.0882. The molecule has 170 valence electrons. The van der Waals surface area contributed by atoms with Crippen LogP contribution < -0.4 is 14.8 Å². The molecule has 0 fully saturated rings. The third kappa shape index (κ3) is 5.75.